The lowest BCUT2D eigenvalue weighted by atomic mass is 10.1. The Hall–Kier alpha value is -0.760. The maximum atomic E-state index is 11.8. The zero-order valence-corrected chi connectivity index (χ0v) is 7.99. The van der Waals surface area contributed by atoms with Crippen LogP contribution in [0.1, 0.15) is 11.1 Å². The van der Waals surface area contributed by atoms with Crippen LogP contribution in [0.5, 0.6) is 0 Å². The predicted molar refractivity (Wildman–Crippen MR) is 53.3 cm³/mol. The Labute approximate surface area is 73.4 Å². The van der Waals surface area contributed by atoms with Gasteiger partial charge < -0.3 is 0 Å². The minimum absolute atomic E-state index is 0.729. The Bertz CT molecular complexity index is 415. The largest absolute Gasteiger partial charge is 0.263 e. The van der Waals surface area contributed by atoms with Crippen molar-refractivity contribution < 1.29 is 4.21 Å². The molecule has 1 aromatic rings. The molecule has 12 heavy (non-hydrogen) atoms. The predicted octanol–water partition coefficient (Wildman–Crippen LogP) is 1.63. The summed E-state index contributed by atoms with van der Waals surface area (Å²) in [5, 5.41) is 0. The van der Waals surface area contributed by atoms with E-state index >= 15 is 0 Å². The standard InChI is InChI=1S/C10H12OS/c1-8-4-3-5-10-9(8)6-7-12(10,2)11/h3-5H,2,6-7H2,1H3. The van der Waals surface area contributed by atoms with Crippen molar-refractivity contribution in [2.45, 2.75) is 18.2 Å². The minimum atomic E-state index is -1.93. The first-order valence-electron chi connectivity index (χ1n) is 4.05. The summed E-state index contributed by atoms with van der Waals surface area (Å²) < 4.78 is 11.8. The number of fused-ring (bicyclic) bond motifs is 1. The van der Waals surface area contributed by atoms with Gasteiger partial charge >= 0.3 is 0 Å². The van der Waals surface area contributed by atoms with E-state index in [4.69, 9.17) is 0 Å². The van der Waals surface area contributed by atoms with E-state index < -0.39 is 9.52 Å². The number of benzene rings is 1. The summed E-state index contributed by atoms with van der Waals surface area (Å²) in [6, 6.07) is 5.98. The monoisotopic (exact) mass is 180 g/mol. The summed E-state index contributed by atoms with van der Waals surface area (Å²) in [5.74, 6) is 4.51. The molecule has 0 aliphatic carbocycles. The third-order valence-corrected chi connectivity index (χ3v) is 4.50. The lowest BCUT2D eigenvalue weighted by Crippen LogP contribution is -1.97. The van der Waals surface area contributed by atoms with E-state index in [2.05, 4.69) is 18.9 Å². The molecule has 0 fully saturated rings. The van der Waals surface area contributed by atoms with E-state index in [1.54, 1.807) is 0 Å². The fourth-order valence-electron chi connectivity index (χ4n) is 1.72. The van der Waals surface area contributed by atoms with Gasteiger partial charge in [-0.25, -0.2) is 0 Å². The molecule has 0 bridgehead atoms. The summed E-state index contributed by atoms with van der Waals surface area (Å²) in [6.45, 7) is 2.07. The van der Waals surface area contributed by atoms with Crippen LogP contribution in [0, 0.1) is 6.92 Å². The Morgan fingerprint density at radius 2 is 2.25 bits per heavy atom. The second kappa shape index (κ2) is 2.36. The first-order valence-corrected chi connectivity index (χ1v) is 5.94. The molecule has 0 saturated carbocycles. The second-order valence-electron chi connectivity index (χ2n) is 3.32. The van der Waals surface area contributed by atoms with E-state index in [1.807, 2.05) is 12.1 Å². The van der Waals surface area contributed by atoms with Gasteiger partial charge in [-0.2, -0.15) is 0 Å². The van der Waals surface area contributed by atoms with Gasteiger partial charge in [-0.3, -0.25) is 4.21 Å². The lowest BCUT2D eigenvalue weighted by molar-refractivity contribution is 0.684. The smallest absolute Gasteiger partial charge is 0.0340 e. The van der Waals surface area contributed by atoms with Crippen molar-refractivity contribution in [3.8, 4) is 0 Å². The molecule has 1 unspecified atom stereocenters. The Kier molecular flexibility index (Phi) is 1.55. The molecule has 1 heterocycles. The van der Waals surface area contributed by atoms with E-state index in [0.717, 1.165) is 17.1 Å². The van der Waals surface area contributed by atoms with Crippen molar-refractivity contribution in [1.82, 2.24) is 0 Å². The first-order chi connectivity index (χ1) is 5.61. The summed E-state index contributed by atoms with van der Waals surface area (Å²) >= 11 is 0. The van der Waals surface area contributed by atoms with Gasteiger partial charge in [0.1, 0.15) is 0 Å². The lowest BCUT2D eigenvalue weighted by Gasteiger charge is -2.02. The molecule has 1 aliphatic heterocycles. The molecule has 0 N–H and O–H groups in total. The number of rotatable bonds is 0. The summed E-state index contributed by atoms with van der Waals surface area (Å²) in [4.78, 5) is 0.988. The Morgan fingerprint density at radius 3 is 2.92 bits per heavy atom. The average Bonchev–Trinajstić information content (AvgIpc) is 2.30. The molecule has 1 nitrogen and oxygen atoms in total. The van der Waals surface area contributed by atoms with Crippen molar-refractivity contribution in [2.75, 3.05) is 5.75 Å². The van der Waals surface area contributed by atoms with Crippen molar-refractivity contribution in [1.29, 1.82) is 0 Å². The van der Waals surface area contributed by atoms with Crippen LogP contribution in [0.2, 0.25) is 0 Å². The van der Waals surface area contributed by atoms with E-state index in [0.29, 0.717) is 0 Å². The number of aryl methyl sites for hydroxylation is 1. The van der Waals surface area contributed by atoms with Crippen LogP contribution in [0.4, 0.5) is 0 Å². The van der Waals surface area contributed by atoms with E-state index in [1.165, 1.54) is 11.1 Å². The van der Waals surface area contributed by atoms with Crippen LogP contribution in [-0.4, -0.2) is 15.8 Å². The molecule has 1 aromatic carbocycles. The SMILES string of the molecule is C=S1(=O)CCc2c(C)cccc21. The zero-order chi connectivity index (χ0) is 8.77. The molecule has 0 radical (unpaired) electrons. The third-order valence-electron chi connectivity index (χ3n) is 2.45. The first kappa shape index (κ1) is 7.87. The van der Waals surface area contributed by atoms with Crippen molar-refractivity contribution in [2.24, 2.45) is 0 Å². The average molecular weight is 180 g/mol. The fourth-order valence-corrected chi connectivity index (χ4v) is 3.51. The quantitative estimate of drug-likeness (QED) is 0.555. The summed E-state index contributed by atoms with van der Waals surface area (Å²) in [6.07, 6.45) is 0.935. The molecule has 0 aromatic heterocycles. The molecule has 0 amide bonds. The van der Waals surface area contributed by atoms with Crippen LogP contribution >= 0.6 is 0 Å². The van der Waals surface area contributed by atoms with Gasteiger partial charge in [0.25, 0.3) is 0 Å². The Balaban J connectivity index is 2.78. The van der Waals surface area contributed by atoms with Crippen LogP contribution in [0.25, 0.3) is 0 Å². The molecular formula is C10H12OS. The van der Waals surface area contributed by atoms with Crippen LogP contribution in [-0.2, 0) is 15.9 Å². The molecule has 2 heteroatoms. The van der Waals surface area contributed by atoms with Gasteiger partial charge in [-0.1, -0.05) is 12.1 Å². The normalized spacial score (nSPS) is 27.1. The van der Waals surface area contributed by atoms with Gasteiger partial charge in [0, 0.05) is 10.6 Å². The maximum Gasteiger partial charge on any atom is 0.0340 e. The molecule has 0 spiro atoms. The molecule has 64 valence electrons. The maximum absolute atomic E-state index is 11.8. The third kappa shape index (κ3) is 0.985. The highest BCUT2D eigenvalue weighted by Crippen LogP contribution is 2.27. The summed E-state index contributed by atoms with van der Waals surface area (Å²) in [7, 11) is -1.93. The highest BCUT2D eigenvalue weighted by molar-refractivity contribution is 8.00. The minimum Gasteiger partial charge on any atom is -0.263 e. The van der Waals surface area contributed by atoms with Gasteiger partial charge in [0.05, 0.1) is 0 Å². The van der Waals surface area contributed by atoms with E-state index in [-0.39, 0.29) is 0 Å². The van der Waals surface area contributed by atoms with Gasteiger partial charge in [0.15, 0.2) is 0 Å². The summed E-state index contributed by atoms with van der Waals surface area (Å²) in [5.41, 5.74) is 2.51. The molecule has 2 rings (SSSR count). The van der Waals surface area contributed by atoms with E-state index in [9.17, 15) is 4.21 Å². The van der Waals surface area contributed by atoms with Gasteiger partial charge in [-0.15, -0.1) is 0 Å². The molecular weight excluding hydrogens is 168 g/mol. The fraction of sp³-hybridized carbons (Fsp3) is 0.300. The van der Waals surface area contributed by atoms with Crippen molar-refractivity contribution in [3.05, 3.63) is 29.3 Å². The second-order valence-corrected chi connectivity index (χ2v) is 5.79. The van der Waals surface area contributed by atoms with Crippen molar-refractivity contribution in [3.63, 3.8) is 0 Å². The highest BCUT2D eigenvalue weighted by Gasteiger charge is 2.21. The van der Waals surface area contributed by atoms with Crippen LogP contribution in [0.15, 0.2) is 23.1 Å². The Morgan fingerprint density at radius 1 is 1.50 bits per heavy atom. The van der Waals surface area contributed by atoms with Gasteiger partial charge in [0.2, 0.25) is 0 Å². The number of hydrogen-bond donors (Lipinski definition) is 0. The van der Waals surface area contributed by atoms with Crippen LogP contribution < -0.4 is 0 Å². The number of hydrogen-bond acceptors (Lipinski definition) is 1. The topological polar surface area (TPSA) is 17.1 Å². The highest BCUT2D eigenvalue weighted by atomic mass is 32.2. The molecule has 1 atom stereocenters. The van der Waals surface area contributed by atoms with Crippen LogP contribution in [0.3, 0.4) is 0 Å². The molecule has 1 aliphatic rings. The van der Waals surface area contributed by atoms with Gasteiger partial charge in [-0.05, 0) is 45.9 Å². The molecule has 0 saturated heterocycles. The van der Waals surface area contributed by atoms with Crippen molar-refractivity contribution >= 4 is 15.4 Å². The zero-order valence-electron chi connectivity index (χ0n) is 7.17.